The molecular formula is C32H41NO4S. The molecule has 2 aromatic rings. The molecule has 6 atom stereocenters. The molecule has 5 nitrogen and oxygen atoms in total. The van der Waals surface area contributed by atoms with Gasteiger partial charge in [0.25, 0.3) is 0 Å². The molecule has 0 bridgehead atoms. The van der Waals surface area contributed by atoms with Crippen LogP contribution in [0.2, 0.25) is 0 Å². The van der Waals surface area contributed by atoms with Crippen LogP contribution >= 0.6 is 0 Å². The van der Waals surface area contributed by atoms with E-state index in [4.69, 9.17) is 0 Å². The summed E-state index contributed by atoms with van der Waals surface area (Å²) in [6.45, 7) is 4.94. The molecule has 6 unspecified atom stereocenters. The van der Waals surface area contributed by atoms with Crippen molar-refractivity contribution >= 4 is 20.8 Å². The molecule has 38 heavy (non-hydrogen) atoms. The minimum atomic E-state index is -3.55. The van der Waals surface area contributed by atoms with Gasteiger partial charge < -0.3 is 10.2 Å². The zero-order valence-corrected chi connectivity index (χ0v) is 23.7. The van der Waals surface area contributed by atoms with E-state index in [1.54, 1.807) is 0 Å². The van der Waals surface area contributed by atoms with E-state index in [-0.39, 0.29) is 35.9 Å². The molecule has 3 fully saturated rings. The van der Waals surface area contributed by atoms with E-state index in [0.29, 0.717) is 12.3 Å². The third-order valence-corrected chi connectivity index (χ3v) is 12.2. The highest BCUT2D eigenvalue weighted by Gasteiger charge is 2.62. The van der Waals surface area contributed by atoms with Gasteiger partial charge >= 0.3 is 0 Å². The maximum atomic E-state index is 13.1. The highest BCUT2D eigenvalue weighted by atomic mass is 32.2. The Morgan fingerprint density at radius 1 is 0.947 bits per heavy atom. The predicted octanol–water partition coefficient (Wildman–Crippen LogP) is 5.58. The number of hydrogen-bond donors (Lipinski definition) is 2. The quantitative estimate of drug-likeness (QED) is 0.524. The lowest BCUT2D eigenvalue weighted by Crippen LogP contribution is -2.56. The van der Waals surface area contributed by atoms with Crippen LogP contribution in [0.5, 0.6) is 0 Å². The van der Waals surface area contributed by atoms with Gasteiger partial charge in [-0.05, 0) is 78.5 Å². The van der Waals surface area contributed by atoms with E-state index in [0.717, 1.165) is 54.9 Å². The van der Waals surface area contributed by atoms with Gasteiger partial charge in [0, 0.05) is 18.5 Å². The van der Waals surface area contributed by atoms with Crippen LogP contribution < -0.4 is 0 Å². The molecular weight excluding hydrogens is 494 g/mol. The van der Waals surface area contributed by atoms with Crippen molar-refractivity contribution in [3.8, 4) is 0 Å². The topological polar surface area (TPSA) is 77.8 Å². The second-order valence-electron chi connectivity index (χ2n) is 13.0. The van der Waals surface area contributed by atoms with E-state index in [2.05, 4.69) is 26.0 Å². The fourth-order valence-corrected chi connectivity index (χ4v) is 9.38. The summed E-state index contributed by atoms with van der Waals surface area (Å²) in [4.78, 5) is 0. The number of hydrogen-bond acceptors (Lipinski definition) is 4. The SMILES string of the molecule is CC12CCC(O)CC1=CC=C1C2CCC2(C)C1CCC2(O)CN(Cc1cccc2ccccc12)S(C)(=O)=O. The summed E-state index contributed by atoms with van der Waals surface area (Å²) >= 11 is 0. The minimum Gasteiger partial charge on any atom is -0.393 e. The van der Waals surface area contributed by atoms with Gasteiger partial charge in [-0.2, -0.15) is 4.31 Å². The monoisotopic (exact) mass is 535 g/mol. The van der Waals surface area contributed by atoms with Crippen LogP contribution in [0.1, 0.15) is 64.4 Å². The Balaban J connectivity index is 1.31. The number of benzene rings is 2. The van der Waals surface area contributed by atoms with E-state index >= 15 is 0 Å². The lowest BCUT2D eigenvalue weighted by molar-refractivity contribution is -0.0933. The molecule has 3 saturated carbocycles. The first-order valence-corrected chi connectivity index (χ1v) is 16.0. The lowest BCUT2D eigenvalue weighted by atomic mass is 9.50. The number of fused-ring (bicyclic) bond motifs is 6. The predicted molar refractivity (Wildman–Crippen MR) is 152 cm³/mol. The average Bonchev–Trinajstić information content (AvgIpc) is 3.14. The van der Waals surface area contributed by atoms with Gasteiger partial charge in [-0.15, -0.1) is 0 Å². The molecule has 6 rings (SSSR count). The van der Waals surface area contributed by atoms with Crippen LogP contribution in [0.25, 0.3) is 10.8 Å². The van der Waals surface area contributed by atoms with Crippen molar-refractivity contribution in [1.82, 2.24) is 4.31 Å². The first kappa shape index (κ1) is 26.2. The molecule has 0 spiro atoms. The normalized spacial score (nSPS) is 36.8. The van der Waals surface area contributed by atoms with Crippen molar-refractivity contribution in [2.24, 2.45) is 22.7 Å². The highest BCUT2D eigenvalue weighted by Crippen LogP contribution is 2.66. The summed E-state index contributed by atoms with van der Waals surface area (Å²) < 4.78 is 27.7. The summed E-state index contributed by atoms with van der Waals surface area (Å²) in [5, 5.41) is 24.7. The zero-order valence-electron chi connectivity index (χ0n) is 22.9. The molecule has 0 aliphatic heterocycles. The Hall–Kier alpha value is -1.99. The summed E-state index contributed by atoms with van der Waals surface area (Å²) in [6, 6.07) is 14.1. The molecule has 0 heterocycles. The van der Waals surface area contributed by atoms with E-state index < -0.39 is 15.6 Å². The van der Waals surface area contributed by atoms with Crippen molar-refractivity contribution in [3.05, 3.63) is 71.3 Å². The van der Waals surface area contributed by atoms with Gasteiger partial charge in [-0.25, -0.2) is 8.42 Å². The molecule has 2 aromatic carbocycles. The van der Waals surface area contributed by atoms with Crippen LogP contribution in [0.4, 0.5) is 0 Å². The van der Waals surface area contributed by atoms with Crippen molar-refractivity contribution < 1.29 is 18.6 Å². The Bertz CT molecular complexity index is 1420. The van der Waals surface area contributed by atoms with Crippen LogP contribution in [0.15, 0.2) is 65.8 Å². The number of aliphatic hydroxyl groups excluding tert-OH is 1. The lowest BCUT2D eigenvalue weighted by Gasteiger charge is -2.56. The molecule has 0 radical (unpaired) electrons. The van der Waals surface area contributed by atoms with E-state index in [1.807, 2.05) is 42.5 Å². The highest BCUT2D eigenvalue weighted by molar-refractivity contribution is 7.88. The van der Waals surface area contributed by atoms with E-state index in [9.17, 15) is 18.6 Å². The Morgan fingerprint density at radius 2 is 1.68 bits per heavy atom. The average molecular weight is 536 g/mol. The Labute approximate surface area is 227 Å². The van der Waals surface area contributed by atoms with Crippen LogP contribution in [-0.4, -0.2) is 47.4 Å². The molecule has 0 aromatic heterocycles. The molecule has 0 amide bonds. The number of rotatable bonds is 5. The molecule has 4 aliphatic rings. The molecule has 0 saturated heterocycles. The minimum absolute atomic E-state index is 0.0819. The maximum absolute atomic E-state index is 13.1. The first-order chi connectivity index (χ1) is 17.9. The van der Waals surface area contributed by atoms with Gasteiger partial charge in [0.1, 0.15) is 0 Å². The summed E-state index contributed by atoms with van der Waals surface area (Å²) in [7, 11) is -3.55. The molecule has 2 N–H and O–H groups in total. The second-order valence-corrected chi connectivity index (χ2v) is 15.0. The Morgan fingerprint density at radius 3 is 2.47 bits per heavy atom. The number of nitrogens with zero attached hydrogens (tertiary/aromatic N) is 1. The molecule has 4 aliphatic carbocycles. The van der Waals surface area contributed by atoms with Crippen LogP contribution in [-0.2, 0) is 16.6 Å². The summed E-state index contributed by atoms with van der Waals surface area (Å²) in [6.07, 6.45) is 11.5. The fourth-order valence-electron chi connectivity index (χ4n) is 8.56. The van der Waals surface area contributed by atoms with Crippen molar-refractivity contribution in [2.75, 3.05) is 12.8 Å². The second kappa shape index (κ2) is 9.02. The van der Waals surface area contributed by atoms with Crippen LogP contribution in [0.3, 0.4) is 0 Å². The third kappa shape index (κ3) is 4.02. The van der Waals surface area contributed by atoms with E-state index in [1.165, 1.54) is 21.7 Å². The number of aliphatic hydroxyl groups is 2. The molecule has 6 heteroatoms. The summed E-state index contributed by atoms with van der Waals surface area (Å²) in [5.41, 5.74) is 2.38. The van der Waals surface area contributed by atoms with Gasteiger partial charge in [-0.1, -0.05) is 79.6 Å². The maximum Gasteiger partial charge on any atom is 0.211 e. The largest absolute Gasteiger partial charge is 0.393 e. The standard InChI is InChI=1S/C32H41NO4S/c1-30-16-13-25(34)19-24(30)11-12-27-28(30)14-17-31(2)29(27)15-18-32(31,35)21-33(38(3,36)37)20-23-9-6-8-22-7-4-5-10-26(22)23/h4-12,25,28-29,34-35H,13-21H2,1-3H3. The zero-order chi connectivity index (χ0) is 26.9. The molecule has 204 valence electrons. The van der Waals surface area contributed by atoms with Crippen molar-refractivity contribution in [1.29, 1.82) is 0 Å². The van der Waals surface area contributed by atoms with Gasteiger partial charge in [0.2, 0.25) is 10.0 Å². The number of allylic oxidation sites excluding steroid dienone is 3. The van der Waals surface area contributed by atoms with Gasteiger partial charge in [0.05, 0.1) is 18.0 Å². The van der Waals surface area contributed by atoms with Crippen LogP contribution in [0, 0.1) is 22.7 Å². The van der Waals surface area contributed by atoms with Crippen molar-refractivity contribution in [2.45, 2.75) is 77.0 Å². The first-order valence-electron chi connectivity index (χ1n) is 14.2. The van der Waals surface area contributed by atoms with Crippen molar-refractivity contribution in [3.63, 3.8) is 0 Å². The third-order valence-electron chi connectivity index (χ3n) is 11.0. The van der Waals surface area contributed by atoms with Gasteiger partial charge in [0.15, 0.2) is 0 Å². The number of sulfonamides is 1. The fraction of sp³-hybridized carbons (Fsp3) is 0.562. The van der Waals surface area contributed by atoms with Gasteiger partial charge in [-0.3, -0.25) is 0 Å². The Kier molecular flexibility index (Phi) is 6.23. The summed E-state index contributed by atoms with van der Waals surface area (Å²) in [5.74, 6) is 0.684. The smallest absolute Gasteiger partial charge is 0.211 e.